The number of aromatic amines is 1. The Morgan fingerprint density at radius 1 is 1.26 bits per heavy atom. The van der Waals surface area contributed by atoms with E-state index in [0.29, 0.717) is 32.3 Å². The van der Waals surface area contributed by atoms with Crippen molar-refractivity contribution in [2.24, 2.45) is 0 Å². The van der Waals surface area contributed by atoms with Gasteiger partial charge in [-0.2, -0.15) is 0 Å². The molecule has 138 valence electrons. The zero-order chi connectivity index (χ0) is 19.6. The highest BCUT2D eigenvalue weighted by molar-refractivity contribution is 7.99. The predicted octanol–water partition coefficient (Wildman–Crippen LogP) is 3.20. The van der Waals surface area contributed by atoms with Gasteiger partial charge in [0, 0.05) is 17.4 Å². The number of thioether (sulfide) groups is 1. The lowest BCUT2D eigenvalue weighted by molar-refractivity contribution is -0.133. The van der Waals surface area contributed by atoms with Gasteiger partial charge in [0.2, 0.25) is 0 Å². The molecule has 0 aliphatic rings. The molecule has 3 rings (SSSR count). The fourth-order valence-corrected chi connectivity index (χ4v) is 3.67. The van der Waals surface area contributed by atoms with E-state index in [2.05, 4.69) is 21.8 Å². The molecule has 0 amide bonds. The average molecular weight is 421 g/mol. The predicted molar refractivity (Wildman–Crippen MR) is 105 cm³/mol. The van der Waals surface area contributed by atoms with Crippen molar-refractivity contribution in [1.29, 1.82) is 0 Å². The third kappa shape index (κ3) is 4.83. The van der Waals surface area contributed by atoms with Crippen LogP contribution in [0.1, 0.15) is 11.1 Å². The summed E-state index contributed by atoms with van der Waals surface area (Å²) in [7, 11) is -3.24. The molecule has 0 aliphatic carbocycles. The quantitative estimate of drug-likeness (QED) is 0.496. The van der Waals surface area contributed by atoms with Crippen LogP contribution in [0.5, 0.6) is 0 Å². The molecule has 0 aliphatic heterocycles. The first-order valence-electron chi connectivity index (χ1n) is 7.58. The van der Waals surface area contributed by atoms with E-state index >= 15 is 0 Å². The summed E-state index contributed by atoms with van der Waals surface area (Å²) < 4.78 is 23.0. The Balaban J connectivity index is 1.88. The Labute approximate surface area is 164 Å². The molecular weight excluding hydrogens is 408 g/mol. The highest BCUT2D eigenvalue weighted by Crippen LogP contribution is 2.25. The molecule has 0 spiro atoms. The molecule has 0 unspecified atom stereocenters. The smallest absolute Gasteiger partial charge is 0.313 e. The summed E-state index contributed by atoms with van der Waals surface area (Å²) in [6.45, 7) is 0. The van der Waals surface area contributed by atoms with E-state index < -0.39 is 15.8 Å². The highest BCUT2D eigenvalue weighted by Gasteiger charge is 2.09. The van der Waals surface area contributed by atoms with Crippen molar-refractivity contribution in [1.82, 2.24) is 9.97 Å². The Hall–Kier alpha value is -2.47. The lowest BCUT2D eigenvalue weighted by Gasteiger charge is -1.98. The number of aliphatic carboxylic acids is 1. The zero-order valence-electron chi connectivity index (χ0n) is 14.0. The van der Waals surface area contributed by atoms with Crippen LogP contribution >= 0.6 is 23.4 Å². The highest BCUT2D eigenvalue weighted by atomic mass is 35.5. The van der Waals surface area contributed by atoms with Gasteiger partial charge < -0.3 is 10.1 Å². The van der Waals surface area contributed by atoms with Gasteiger partial charge >= 0.3 is 5.97 Å². The minimum Gasteiger partial charge on any atom is -0.481 e. The normalized spacial score (nSPS) is 11.2. The number of sulfone groups is 1. The van der Waals surface area contributed by atoms with Crippen LogP contribution in [0.2, 0.25) is 5.02 Å². The first-order valence-corrected chi connectivity index (χ1v) is 10.8. The summed E-state index contributed by atoms with van der Waals surface area (Å²) in [5.41, 5.74) is 2.55. The van der Waals surface area contributed by atoms with E-state index in [9.17, 15) is 13.2 Å². The van der Waals surface area contributed by atoms with Gasteiger partial charge in [0.25, 0.3) is 0 Å². The molecule has 1 aromatic heterocycles. The monoisotopic (exact) mass is 420 g/mol. The maximum atomic E-state index is 11.5. The molecule has 27 heavy (non-hydrogen) atoms. The summed E-state index contributed by atoms with van der Waals surface area (Å²) >= 11 is 7.34. The average Bonchev–Trinajstić information content (AvgIpc) is 2.99. The molecule has 6 nitrogen and oxygen atoms in total. The van der Waals surface area contributed by atoms with Gasteiger partial charge in [0.1, 0.15) is 0 Å². The third-order valence-corrected chi connectivity index (χ3v) is 5.80. The molecule has 0 radical (unpaired) electrons. The summed E-state index contributed by atoms with van der Waals surface area (Å²) in [4.78, 5) is 18.2. The number of carboxylic acid groups (broad SMARTS) is 1. The number of hydrogen-bond donors (Lipinski definition) is 2. The SMILES string of the molecule is CS(=O)(=O)c1ccc(C#Cc2cc3[nH]c(SCC(=O)O)nc3cc2Cl)cc1. The fourth-order valence-electron chi connectivity index (χ4n) is 2.23. The van der Waals surface area contributed by atoms with Gasteiger partial charge in [0.05, 0.1) is 26.7 Å². The molecular formula is C18H13ClN2O4S2. The molecule has 1 heterocycles. The van der Waals surface area contributed by atoms with Crippen LogP contribution in [0.3, 0.4) is 0 Å². The van der Waals surface area contributed by atoms with E-state index in [-0.39, 0.29) is 10.6 Å². The van der Waals surface area contributed by atoms with Gasteiger partial charge in [-0.3, -0.25) is 4.79 Å². The fraction of sp³-hybridized carbons (Fsp3) is 0.111. The molecule has 0 saturated carbocycles. The second-order valence-electron chi connectivity index (χ2n) is 5.62. The maximum Gasteiger partial charge on any atom is 0.313 e. The van der Waals surface area contributed by atoms with E-state index in [0.717, 1.165) is 18.0 Å². The van der Waals surface area contributed by atoms with E-state index in [1.54, 1.807) is 24.3 Å². The number of nitrogens with one attached hydrogen (secondary N) is 1. The summed E-state index contributed by atoms with van der Waals surface area (Å²) in [6, 6.07) is 9.68. The number of aromatic nitrogens is 2. The van der Waals surface area contributed by atoms with Gasteiger partial charge in [-0.05, 0) is 36.4 Å². The molecule has 3 aromatic rings. The van der Waals surface area contributed by atoms with Crippen molar-refractivity contribution >= 4 is 50.2 Å². The number of benzene rings is 2. The summed E-state index contributed by atoms with van der Waals surface area (Å²) in [5, 5.41) is 9.65. The number of carbonyl (C=O) groups is 1. The van der Waals surface area contributed by atoms with Gasteiger partial charge in [0.15, 0.2) is 15.0 Å². The van der Waals surface area contributed by atoms with Crippen LogP contribution in [0.25, 0.3) is 11.0 Å². The molecule has 0 saturated heterocycles. The minimum atomic E-state index is -3.24. The Bertz CT molecular complexity index is 1190. The van der Waals surface area contributed by atoms with E-state index in [1.165, 1.54) is 12.1 Å². The van der Waals surface area contributed by atoms with Crippen LogP contribution in [0, 0.1) is 11.8 Å². The lowest BCUT2D eigenvalue weighted by atomic mass is 10.1. The van der Waals surface area contributed by atoms with Crippen molar-refractivity contribution in [2.45, 2.75) is 10.1 Å². The molecule has 0 bridgehead atoms. The second kappa shape index (κ2) is 7.64. The Kier molecular flexibility index (Phi) is 5.46. The van der Waals surface area contributed by atoms with Gasteiger partial charge in [-0.1, -0.05) is 35.2 Å². The van der Waals surface area contributed by atoms with Gasteiger partial charge in [-0.25, -0.2) is 13.4 Å². The van der Waals surface area contributed by atoms with Gasteiger partial charge in [-0.15, -0.1) is 0 Å². The minimum absolute atomic E-state index is 0.0936. The first kappa shape index (κ1) is 19.3. The van der Waals surface area contributed by atoms with E-state index in [4.69, 9.17) is 16.7 Å². The number of carboxylic acids is 1. The third-order valence-electron chi connectivity index (χ3n) is 3.51. The zero-order valence-corrected chi connectivity index (χ0v) is 16.4. The van der Waals surface area contributed by atoms with Crippen molar-refractivity contribution in [3.63, 3.8) is 0 Å². The number of nitrogens with zero attached hydrogens (tertiary/aromatic N) is 1. The van der Waals surface area contributed by atoms with Crippen LogP contribution in [-0.4, -0.2) is 41.5 Å². The molecule has 0 fully saturated rings. The van der Waals surface area contributed by atoms with Crippen molar-refractivity contribution in [3.05, 3.63) is 52.5 Å². The molecule has 9 heteroatoms. The van der Waals surface area contributed by atoms with Crippen LogP contribution < -0.4 is 0 Å². The molecule has 0 atom stereocenters. The Morgan fingerprint density at radius 2 is 1.96 bits per heavy atom. The summed E-state index contributed by atoms with van der Waals surface area (Å²) in [6.07, 6.45) is 1.15. The number of hydrogen-bond acceptors (Lipinski definition) is 5. The van der Waals surface area contributed by atoms with Crippen LogP contribution in [0.4, 0.5) is 0 Å². The lowest BCUT2D eigenvalue weighted by Crippen LogP contribution is -1.97. The number of rotatable bonds is 4. The second-order valence-corrected chi connectivity index (χ2v) is 9.01. The number of H-pyrrole nitrogens is 1. The standard InChI is InChI=1S/C18H13ClN2O4S2/c1-27(24,25)13-6-3-11(4-7-13)2-5-12-8-15-16(9-14(12)19)21-18(20-15)26-10-17(22)23/h3-4,6-9H,10H2,1H3,(H,20,21)(H,22,23). The number of fused-ring (bicyclic) bond motifs is 1. The largest absolute Gasteiger partial charge is 0.481 e. The Morgan fingerprint density at radius 3 is 2.59 bits per heavy atom. The number of halogens is 1. The number of imidazole rings is 1. The van der Waals surface area contributed by atoms with Crippen molar-refractivity contribution in [3.8, 4) is 11.8 Å². The topological polar surface area (TPSA) is 100 Å². The molecule has 2 N–H and O–H groups in total. The van der Waals surface area contributed by atoms with Crippen LogP contribution in [0.15, 0.2) is 46.5 Å². The van der Waals surface area contributed by atoms with Crippen molar-refractivity contribution in [2.75, 3.05) is 12.0 Å². The van der Waals surface area contributed by atoms with Crippen molar-refractivity contribution < 1.29 is 18.3 Å². The first-order chi connectivity index (χ1) is 12.7. The van der Waals surface area contributed by atoms with Crippen LogP contribution in [-0.2, 0) is 14.6 Å². The maximum absolute atomic E-state index is 11.5. The summed E-state index contributed by atoms with van der Waals surface area (Å²) in [5.74, 6) is 4.89. The molecule has 2 aromatic carbocycles. The van der Waals surface area contributed by atoms with E-state index in [1.807, 2.05) is 0 Å².